The van der Waals surface area contributed by atoms with Gasteiger partial charge in [-0.2, -0.15) is 9.97 Å². The molecule has 1 aliphatic rings. The van der Waals surface area contributed by atoms with Crippen LogP contribution in [0.5, 0.6) is 11.9 Å². The van der Waals surface area contributed by atoms with Crippen molar-refractivity contribution in [3.63, 3.8) is 0 Å². The van der Waals surface area contributed by atoms with E-state index < -0.39 is 0 Å². The fourth-order valence-electron chi connectivity index (χ4n) is 3.61. The molecule has 5 heteroatoms. The summed E-state index contributed by atoms with van der Waals surface area (Å²) in [6, 6.07) is 13.3. The Hall–Kier alpha value is -2.82. The van der Waals surface area contributed by atoms with Gasteiger partial charge in [0.25, 0.3) is 0 Å². The van der Waals surface area contributed by atoms with E-state index in [1.807, 2.05) is 0 Å². The first kappa shape index (κ1) is 15.7. The highest BCUT2D eigenvalue weighted by molar-refractivity contribution is 5.96. The number of methoxy groups -OCH3 is 2. The minimum Gasteiger partial charge on any atom is -0.481 e. The molecule has 128 valence electrons. The number of aryl methyl sites for hydroxylation is 1. The first-order valence-electron chi connectivity index (χ1n) is 8.42. The maximum atomic E-state index is 5.44. The van der Waals surface area contributed by atoms with Crippen molar-refractivity contribution in [3.05, 3.63) is 53.2 Å². The van der Waals surface area contributed by atoms with E-state index in [1.165, 1.54) is 22.0 Å². The van der Waals surface area contributed by atoms with Crippen LogP contribution in [0.4, 0.5) is 5.69 Å². The highest BCUT2D eigenvalue weighted by Crippen LogP contribution is 2.34. The van der Waals surface area contributed by atoms with Gasteiger partial charge in [0.05, 0.1) is 26.5 Å². The fourth-order valence-corrected chi connectivity index (χ4v) is 3.61. The van der Waals surface area contributed by atoms with E-state index in [-0.39, 0.29) is 0 Å². The summed E-state index contributed by atoms with van der Waals surface area (Å²) in [4.78, 5) is 11.3. The molecule has 0 radical (unpaired) electrons. The maximum absolute atomic E-state index is 5.44. The van der Waals surface area contributed by atoms with Crippen LogP contribution in [0.15, 0.2) is 36.4 Å². The molecule has 0 saturated carbocycles. The minimum atomic E-state index is 0.353. The van der Waals surface area contributed by atoms with E-state index >= 15 is 0 Å². The second-order valence-corrected chi connectivity index (χ2v) is 6.27. The van der Waals surface area contributed by atoms with Crippen LogP contribution < -0.4 is 14.4 Å². The number of anilines is 1. The fraction of sp³-hybridized carbons (Fsp3) is 0.300. The monoisotopic (exact) mass is 335 g/mol. The molecule has 0 unspecified atom stereocenters. The molecule has 25 heavy (non-hydrogen) atoms. The Balaban J connectivity index is 1.79. The quantitative estimate of drug-likeness (QED) is 0.733. The molecule has 5 nitrogen and oxygen atoms in total. The lowest BCUT2D eigenvalue weighted by Crippen LogP contribution is -2.32. The largest absolute Gasteiger partial charge is 0.481 e. The molecule has 1 aliphatic heterocycles. The summed E-state index contributed by atoms with van der Waals surface area (Å²) in [6.07, 6.45) is 0.852. The van der Waals surface area contributed by atoms with Crippen molar-refractivity contribution in [3.8, 4) is 11.9 Å². The predicted molar refractivity (Wildman–Crippen MR) is 98.6 cm³/mol. The van der Waals surface area contributed by atoms with E-state index in [1.54, 1.807) is 14.2 Å². The van der Waals surface area contributed by atoms with Gasteiger partial charge in [-0.25, -0.2) is 0 Å². The highest BCUT2D eigenvalue weighted by Gasteiger charge is 2.24. The number of hydrogen-bond acceptors (Lipinski definition) is 5. The van der Waals surface area contributed by atoms with Crippen LogP contribution in [0.25, 0.3) is 10.8 Å². The van der Waals surface area contributed by atoms with Crippen molar-refractivity contribution >= 4 is 16.5 Å². The van der Waals surface area contributed by atoms with Gasteiger partial charge in [0.1, 0.15) is 0 Å². The van der Waals surface area contributed by atoms with Crippen LogP contribution in [0.2, 0.25) is 0 Å². The van der Waals surface area contributed by atoms with Crippen LogP contribution >= 0.6 is 0 Å². The number of nitrogens with zero attached hydrogens (tertiary/aromatic N) is 3. The summed E-state index contributed by atoms with van der Waals surface area (Å²) >= 11 is 0. The molecule has 3 aromatic rings. The SMILES string of the molecule is COc1nc2c(c(OC)n1)CCN(c1cccc3cccc(C)c13)C2. The third-order valence-corrected chi connectivity index (χ3v) is 4.81. The molecular formula is C20H21N3O2. The number of hydrogen-bond donors (Lipinski definition) is 0. The molecule has 0 amide bonds. The third-order valence-electron chi connectivity index (χ3n) is 4.81. The molecule has 2 heterocycles. The van der Waals surface area contributed by atoms with Crippen LogP contribution in [0.1, 0.15) is 16.8 Å². The van der Waals surface area contributed by atoms with Crippen molar-refractivity contribution in [1.82, 2.24) is 9.97 Å². The smallest absolute Gasteiger partial charge is 0.319 e. The standard InChI is InChI=1S/C20H21N3O2/c1-13-6-4-7-14-8-5-9-17(18(13)14)23-11-10-15-16(12-23)21-20(25-3)22-19(15)24-2/h4-9H,10-12H2,1-3H3. The molecule has 0 N–H and O–H groups in total. The minimum absolute atomic E-state index is 0.353. The van der Waals surface area contributed by atoms with Crippen molar-refractivity contribution in [2.75, 3.05) is 25.7 Å². The van der Waals surface area contributed by atoms with Crippen molar-refractivity contribution in [2.45, 2.75) is 19.9 Å². The molecule has 2 aromatic carbocycles. The topological polar surface area (TPSA) is 47.5 Å². The molecule has 0 aliphatic carbocycles. The van der Waals surface area contributed by atoms with Gasteiger partial charge in [0.2, 0.25) is 5.88 Å². The van der Waals surface area contributed by atoms with Gasteiger partial charge in [0.15, 0.2) is 0 Å². The molecular weight excluding hydrogens is 314 g/mol. The maximum Gasteiger partial charge on any atom is 0.319 e. The number of rotatable bonds is 3. The molecule has 0 saturated heterocycles. The predicted octanol–water partition coefficient (Wildman–Crippen LogP) is 3.52. The van der Waals surface area contributed by atoms with E-state index in [0.717, 1.165) is 30.8 Å². The highest BCUT2D eigenvalue weighted by atomic mass is 16.5. The molecule has 4 rings (SSSR count). The first-order chi connectivity index (χ1) is 12.2. The van der Waals surface area contributed by atoms with E-state index in [2.05, 4.69) is 58.2 Å². The molecule has 0 spiro atoms. The number of benzene rings is 2. The Morgan fingerprint density at radius 1 is 1.00 bits per heavy atom. The van der Waals surface area contributed by atoms with Gasteiger partial charge < -0.3 is 14.4 Å². The summed E-state index contributed by atoms with van der Waals surface area (Å²) < 4.78 is 10.7. The lowest BCUT2D eigenvalue weighted by molar-refractivity contribution is 0.344. The van der Waals surface area contributed by atoms with Gasteiger partial charge in [0, 0.05) is 23.2 Å². The van der Waals surface area contributed by atoms with E-state index in [4.69, 9.17) is 9.47 Å². The van der Waals surface area contributed by atoms with Gasteiger partial charge in [-0.3, -0.25) is 0 Å². The summed E-state index contributed by atoms with van der Waals surface area (Å²) in [5.74, 6) is 0.621. The summed E-state index contributed by atoms with van der Waals surface area (Å²) in [5, 5.41) is 2.57. The summed E-state index contributed by atoms with van der Waals surface area (Å²) in [6.45, 7) is 3.79. The number of fused-ring (bicyclic) bond motifs is 2. The van der Waals surface area contributed by atoms with Gasteiger partial charge in [-0.15, -0.1) is 0 Å². The Kier molecular flexibility index (Phi) is 3.92. The summed E-state index contributed by atoms with van der Waals surface area (Å²) in [7, 11) is 3.22. The second kappa shape index (κ2) is 6.24. The Morgan fingerprint density at radius 2 is 1.80 bits per heavy atom. The van der Waals surface area contributed by atoms with E-state index in [9.17, 15) is 0 Å². The van der Waals surface area contributed by atoms with Gasteiger partial charge in [-0.1, -0.05) is 30.3 Å². The zero-order valence-electron chi connectivity index (χ0n) is 14.7. The second-order valence-electron chi connectivity index (χ2n) is 6.27. The Bertz CT molecular complexity index is 934. The Labute approximate surface area is 147 Å². The lowest BCUT2D eigenvalue weighted by atomic mass is 10.0. The normalized spacial score (nSPS) is 13.6. The van der Waals surface area contributed by atoms with Gasteiger partial charge in [-0.05, 0) is 30.4 Å². The third kappa shape index (κ3) is 2.65. The average molecular weight is 335 g/mol. The zero-order valence-corrected chi connectivity index (χ0v) is 14.7. The van der Waals surface area contributed by atoms with Crippen molar-refractivity contribution < 1.29 is 9.47 Å². The first-order valence-corrected chi connectivity index (χ1v) is 8.42. The Morgan fingerprint density at radius 3 is 2.56 bits per heavy atom. The van der Waals surface area contributed by atoms with E-state index in [0.29, 0.717) is 11.9 Å². The molecule has 0 bridgehead atoms. The number of ether oxygens (including phenoxy) is 2. The average Bonchev–Trinajstić information content (AvgIpc) is 2.66. The number of aromatic nitrogens is 2. The summed E-state index contributed by atoms with van der Waals surface area (Å²) in [5.41, 5.74) is 4.59. The van der Waals surface area contributed by atoms with Crippen LogP contribution in [0.3, 0.4) is 0 Å². The van der Waals surface area contributed by atoms with Gasteiger partial charge >= 0.3 is 6.01 Å². The van der Waals surface area contributed by atoms with Crippen LogP contribution in [-0.2, 0) is 13.0 Å². The van der Waals surface area contributed by atoms with Crippen molar-refractivity contribution in [2.24, 2.45) is 0 Å². The van der Waals surface area contributed by atoms with Crippen LogP contribution in [-0.4, -0.2) is 30.7 Å². The molecule has 1 aromatic heterocycles. The lowest BCUT2D eigenvalue weighted by Gasteiger charge is -2.31. The van der Waals surface area contributed by atoms with Crippen LogP contribution in [0, 0.1) is 6.92 Å². The molecule has 0 atom stereocenters. The molecule has 0 fully saturated rings. The zero-order chi connectivity index (χ0) is 17.4. The van der Waals surface area contributed by atoms with Crippen molar-refractivity contribution in [1.29, 1.82) is 0 Å².